The van der Waals surface area contributed by atoms with E-state index in [0.717, 1.165) is 5.56 Å². The summed E-state index contributed by atoms with van der Waals surface area (Å²) < 4.78 is 40.3. The van der Waals surface area contributed by atoms with E-state index < -0.39 is 25.2 Å². The summed E-state index contributed by atoms with van der Waals surface area (Å²) in [6, 6.07) is 6.76. The van der Waals surface area contributed by atoms with Gasteiger partial charge in [0.2, 0.25) is 5.91 Å². The van der Waals surface area contributed by atoms with Gasteiger partial charge in [-0.25, -0.2) is 0 Å². The molecule has 0 heterocycles. The molecule has 0 radical (unpaired) electrons. The number of alkyl halides is 3. The van der Waals surface area contributed by atoms with E-state index in [2.05, 4.69) is 0 Å². The van der Waals surface area contributed by atoms with E-state index in [0.29, 0.717) is 5.69 Å². The molecule has 1 aromatic rings. The lowest BCUT2D eigenvalue weighted by Crippen LogP contribution is -2.35. The lowest BCUT2D eigenvalue weighted by atomic mass is 10.2. The van der Waals surface area contributed by atoms with Gasteiger partial charge in [-0.15, -0.1) is 0 Å². The first-order valence-corrected chi connectivity index (χ1v) is 5.12. The molecule has 18 heavy (non-hydrogen) atoms. The van der Waals surface area contributed by atoms with E-state index in [1.807, 2.05) is 0 Å². The van der Waals surface area contributed by atoms with Crippen LogP contribution in [0.5, 0.6) is 0 Å². The third kappa shape index (κ3) is 6.09. The molecule has 1 amide bonds. The van der Waals surface area contributed by atoms with Gasteiger partial charge in [0.1, 0.15) is 13.2 Å². The molecule has 0 aromatic heterocycles. The van der Waals surface area contributed by atoms with Crippen molar-refractivity contribution in [3.8, 4) is 0 Å². The average Bonchev–Trinajstić information content (AvgIpc) is 2.28. The van der Waals surface area contributed by atoms with Gasteiger partial charge in [-0.2, -0.15) is 13.2 Å². The summed E-state index contributed by atoms with van der Waals surface area (Å²) in [5.41, 5.74) is 6.86. The third-order valence-corrected chi connectivity index (χ3v) is 1.97. The second kappa shape index (κ2) is 6.25. The van der Waals surface area contributed by atoms with Gasteiger partial charge in [0, 0.05) is 5.69 Å². The highest BCUT2D eigenvalue weighted by molar-refractivity contribution is 5.77. The standard InChI is InChI=1S/C11H13F3N2O2/c12-11(13,14)7-16-10(17)6-18-5-8-1-3-9(15)4-2-8/h1-4H,5-7,15H2,(H,16,17). The second-order valence-electron chi connectivity index (χ2n) is 3.63. The first-order valence-electron chi connectivity index (χ1n) is 5.12. The number of hydrogen-bond donors (Lipinski definition) is 2. The maximum Gasteiger partial charge on any atom is 0.405 e. The smallest absolute Gasteiger partial charge is 0.399 e. The van der Waals surface area contributed by atoms with Gasteiger partial charge in [-0.1, -0.05) is 12.1 Å². The van der Waals surface area contributed by atoms with Gasteiger partial charge in [0.05, 0.1) is 6.61 Å². The number of nitrogens with two attached hydrogens (primary N) is 1. The van der Waals surface area contributed by atoms with Crippen molar-refractivity contribution in [2.75, 3.05) is 18.9 Å². The Bertz CT molecular complexity index is 390. The number of carbonyl (C=O) groups excluding carboxylic acids is 1. The molecule has 3 N–H and O–H groups in total. The van der Waals surface area contributed by atoms with Gasteiger partial charge in [0.15, 0.2) is 0 Å². The molecule has 0 bridgehead atoms. The maximum absolute atomic E-state index is 11.8. The van der Waals surface area contributed by atoms with Crippen LogP contribution >= 0.6 is 0 Å². The zero-order valence-corrected chi connectivity index (χ0v) is 9.46. The molecule has 1 aromatic carbocycles. The minimum absolute atomic E-state index is 0.139. The van der Waals surface area contributed by atoms with Crippen molar-refractivity contribution in [3.05, 3.63) is 29.8 Å². The summed E-state index contributed by atoms with van der Waals surface area (Å²) >= 11 is 0. The molecule has 0 aliphatic heterocycles. The average molecular weight is 262 g/mol. The van der Waals surface area contributed by atoms with Crippen molar-refractivity contribution >= 4 is 11.6 Å². The van der Waals surface area contributed by atoms with Gasteiger partial charge in [0.25, 0.3) is 0 Å². The van der Waals surface area contributed by atoms with E-state index in [1.54, 1.807) is 29.6 Å². The predicted molar refractivity (Wildman–Crippen MR) is 59.6 cm³/mol. The Balaban J connectivity index is 2.21. The van der Waals surface area contributed by atoms with E-state index in [9.17, 15) is 18.0 Å². The van der Waals surface area contributed by atoms with E-state index in [1.165, 1.54) is 0 Å². The zero-order valence-electron chi connectivity index (χ0n) is 9.46. The number of nitrogen functional groups attached to an aromatic ring is 1. The molecule has 0 saturated carbocycles. The SMILES string of the molecule is Nc1ccc(COCC(=O)NCC(F)(F)F)cc1. The topological polar surface area (TPSA) is 64.3 Å². The van der Waals surface area contributed by atoms with Crippen LogP contribution in [0.25, 0.3) is 0 Å². The third-order valence-electron chi connectivity index (χ3n) is 1.97. The lowest BCUT2D eigenvalue weighted by molar-refractivity contribution is -0.141. The Kier molecular flexibility index (Phi) is 4.96. The molecule has 4 nitrogen and oxygen atoms in total. The Morgan fingerprint density at radius 2 is 1.89 bits per heavy atom. The van der Waals surface area contributed by atoms with Crippen molar-refractivity contribution in [3.63, 3.8) is 0 Å². The lowest BCUT2D eigenvalue weighted by Gasteiger charge is -2.08. The predicted octanol–water partition coefficient (Wildman–Crippen LogP) is 1.46. The van der Waals surface area contributed by atoms with Crippen LogP contribution in [0, 0.1) is 0 Å². The molecule has 1 rings (SSSR count). The van der Waals surface area contributed by atoms with Crippen molar-refractivity contribution in [1.29, 1.82) is 0 Å². The van der Waals surface area contributed by atoms with Crippen molar-refractivity contribution < 1.29 is 22.7 Å². The fourth-order valence-corrected chi connectivity index (χ4v) is 1.13. The second-order valence-corrected chi connectivity index (χ2v) is 3.63. The number of ether oxygens (including phenoxy) is 1. The highest BCUT2D eigenvalue weighted by Gasteiger charge is 2.27. The summed E-state index contributed by atoms with van der Waals surface area (Å²) in [6.07, 6.45) is -4.41. The molecular formula is C11H13F3N2O2. The number of benzene rings is 1. The fraction of sp³-hybridized carbons (Fsp3) is 0.364. The normalized spacial score (nSPS) is 11.3. The van der Waals surface area contributed by atoms with Crippen LogP contribution in [0.15, 0.2) is 24.3 Å². The number of hydrogen-bond acceptors (Lipinski definition) is 3. The molecule has 0 aliphatic rings. The maximum atomic E-state index is 11.8. The van der Waals surface area contributed by atoms with Crippen LogP contribution < -0.4 is 11.1 Å². The van der Waals surface area contributed by atoms with Gasteiger partial charge < -0.3 is 15.8 Å². The minimum atomic E-state index is -4.41. The Labute approximate surface area is 102 Å². The van der Waals surface area contributed by atoms with Crippen LogP contribution in [-0.2, 0) is 16.1 Å². The highest BCUT2D eigenvalue weighted by Crippen LogP contribution is 2.12. The molecule has 7 heteroatoms. The van der Waals surface area contributed by atoms with Crippen molar-refractivity contribution in [1.82, 2.24) is 5.32 Å². The Hall–Kier alpha value is -1.76. The minimum Gasteiger partial charge on any atom is -0.399 e. The molecule has 0 aliphatic carbocycles. The summed E-state index contributed by atoms with van der Waals surface area (Å²) in [5, 5.41) is 1.71. The fourth-order valence-electron chi connectivity index (χ4n) is 1.13. The number of halogens is 3. The molecule has 0 unspecified atom stereocenters. The number of anilines is 1. The van der Waals surface area contributed by atoms with E-state index in [-0.39, 0.29) is 6.61 Å². The van der Waals surface area contributed by atoms with Crippen molar-refractivity contribution in [2.45, 2.75) is 12.8 Å². The highest BCUT2D eigenvalue weighted by atomic mass is 19.4. The first-order chi connectivity index (χ1) is 8.37. The van der Waals surface area contributed by atoms with E-state index in [4.69, 9.17) is 10.5 Å². The molecule has 0 fully saturated rings. The largest absolute Gasteiger partial charge is 0.405 e. The molecular weight excluding hydrogens is 249 g/mol. The molecule has 0 saturated heterocycles. The van der Waals surface area contributed by atoms with Crippen LogP contribution in [-0.4, -0.2) is 25.2 Å². The Morgan fingerprint density at radius 1 is 1.28 bits per heavy atom. The zero-order chi connectivity index (χ0) is 13.6. The van der Waals surface area contributed by atoms with Gasteiger partial charge in [-0.3, -0.25) is 4.79 Å². The van der Waals surface area contributed by atoms with Gasteiger partial charge in [-0.05, 0) is 17.7 Å². The molecule has 100 valence electrons. The summed E-state index contributed by atoms with van der Waals surface area (Å²) in [5.74, 6) is -0.803. The van der Waals surface area contributed by atoms with Crippen molar-refractivity contribution in [2.24, 2.45) is 0 Å². The number of amides is 1. The number of rotatable bonds is 5. The number of nitrogens with one attached hydrogen (secondary N) is 1. The molecule has 0 spiro atoms. The van der Waals surface area contributed by atoms with Crippen LogP contribution in [0.2, 0.25) is 0 Å². The quantitative estimate of drug-likeness (QED) is 0.790. The molecule has 0 atom stereocenters. The Morgan fingerprint density at radius 3 is 2.44 bits per heavy atom. The van der Waals surface area contributed by atoms with Crippen LogP contribution in [0.1, 0.15) is 5.56 Å². The van der Waals surface area contributed by atoms with Crippen LogP contribution in [0.3, 0.4) is 0 Å². The monoisotopic (exact) mass is 262 g/mol. The summed E-state index contributed by atoms with van der Waals surface area (Å²) in [4.78, 5) is 11.0. The van der Waals surface area contributed by atoms with E-state index >= 15 is 0 Å². The van der Waals surface area contributed by atoms with Crippen LogP contribution in [0.4, 0.5) is 18.9 Å². The van der Waals surface area contributed by atoms with Gasteiger partial charge >= 0.3 is 6.18 Å². The first kappa shape index (κ1) is 14.3. The summed E-state index contributed by atoms with van der Waals surface area (Å²) in [6.45, 7) is -1.63. The summed E-state index contributed by atoms with van der Waals surface area (Å²) in [7, 11) is 0. The number of carbonyl (C=O) groups is 1.